The number of hydrogen-bond acceptors (Lipinski definition) is 7. The summed E-state index contributed by atoms with van der Waals surface area (Å²) >= 11 is 0. The molecule has 2 saturated heterocycles. The first-order chi connectivity index (χ1) is 28.1. The molecular weight excluding hydrogens is 729 g/mol. The number of hydrogen-bond donors (Lipinski definition) is 2. The van der Waals surface area contributed by atoms with E-state index in [0.717, 1.165) is 86.9 Å². The molecule has 2 aromatic carbocycles. The van der Waals surface area contributed by atoms with Gasteiger partial charge in [-0.1, -0.05) is 32.0 Å². The summed E-state index contributed by atoms with van der Waals surface area (Å²) < 4.78 is 0. The highest BCUT2D eigenvalue weighted by atomic mass is 16.2. The first kappa shape index (κ1) is 37.1. The maximum absolute atomic E-state index is 13.9. The van der Waals surface area contributed by atoms with Gasteiger partial charge in [-0.05, 0) is 122 Å². The number of carbonyl (C=O) groups excluding carboxylic acids is 5. The minimum Gasteiger partial charge on any atom is -0.358 e. The van der Waals surface area contributed by atoms with Gasteiger partial charge in [0.15, 0.2) is 0 Å². The summed E-state index contributed by atoms with van der Waals surface area (Å²) in [4.78, 5) is 79.2. The second kappa shape index (κ2) is 14.6. The molecule has 6 heterocycles. The summed E-state index contributed by atoms with van der Waals surface area (Å²) in [6.45, 7) is 7.49. The number of imide groups is 2. The Morgan fingerprint density at radius 2 is 1.59 bits per heavy atom. The Labute approximate surface area is 338 Å². The molecule has 4 aliphatic heterocycles. The average Bonchev–Trinajstić information content (AvgIpc) is 3.91. The summed E-state index contributed by atoms with van der Waals surface area (Å²) in [6, 6.07) is 14.1. The zero-order valence-corrected chi connectivity index (χ0v) is 33.5. The fourth-order valence-corrected chi connectivity index (χ4v) is 11.3. The topological polar surface area (TPSA) is 136 Å². The van der Waals surface area contributed by atoms with Gasteiger partial charge in [-0.2, -0.15) is 0 Å². The average molecular weight is 781 g/mol. The zero-order chi connectivity index (χ0) is 39.8. The number of aryl methyl sites for hydroxylation is 1. The number of nitrogens with one attached hydrogen (secondary N) is 2. The van der Waals surface area contributed by atoms with Crippen LogP contribution in [0.25, 0.3) is 10.9 Å². The van der Waals surface area contributed by atoms with Gasteiger partial charge in [-0.25, -0.2) is 0 Å². The van der Waals surface area contributed by atoms with Gasteiger partial charge in [0, 0.05) is 84.9 Å². The van der Waals surface area contributed by atoms with Gasteiger partial charge in [0.1, 0.15) is 6.04 Å². The molecule has 0 radical (unpaired) electrons. The van der Waals surface area contributed by atoms with Crippen molar-refractivity contribution in [3.63, 3.8) is 0 Å². The summed E-state index contributed by atoms with van der Waals surface area (Å²) in [5.74, 6) is -0.223. The van der Waals surface area contributed by atoms with Crippen molar-refractivity contribution in [2.75, 3.05) is 13.1 Å². The second-order valence-corrected chi connectivity index (χ2v) is 17.9. The standard InChI is InChI=1S/C47H52N6O5/c1-3-27-22-40(48-23-38(27)35-19-26(2)18-34-33-6-4-5-7-39(33)49-43(34)35)28-8-10-29(11-9-28)45(56)51-16-14-32(15-17-51)52-24-30-20-36-37(21-31(30)25-52)47(58)53(46(36)57)41-12-13-42(54)50-44(41)55/h4-7,20-23,26,28-29,32,35,41,49H,3,8-19,24-25H2,1-2H3,(H,50,54,55)/t26-,28?,29?,35?,41?/m1/s1. The Hall–Kier alpha value is -5.16. The Kier molecular flexibility index (Phi) is 9.34. The van der Waals surface area contributed by atoms with Crippen molar-refractivity contribution in [1.29, 1.82) is 0 Å². The number of carbonyl (C=O) groups is 5. The van der Waals surface area contributed by atoms with E-state index in [1.807, 2.05) is 12.1 Å². The molecule has 10 rings (SSSR count). The van der Waals surface area contributed by atoms with Crippen LogP contribution in [0.3, 0.4) is 0 Å². The Balaban J connectivity index is 0.737. The quantitative estimate of drug-likeness (QED) is 0.213. The molecule has 3 fully saturated rings. The first-order valence-corrected chi connectivity index (χ1v) is 21.6. The van der Waals surface area contributed by atoms with Crippen LogP contribution in [0.1, 0.15) is 143 Å². The van der Waals surface area contributed by atoms with Crippen molar-refractivity contribution in [3.8, 4) is 0 Å². The number of pyridine rings is 1. The third kappa shape index (κ3) is 6.28. The van der Waals surface area contributed by atoms with E-state index in [0.29, 0.717) is 53.9 Å². The monoisotopic (exact) mass is 780 g/mol. The van der Waals surface area contributed by atoms with Crippen LogP contribution >= 0.6 is 0 Å². The number of nitrogens with zero attached hydrogens (tertiary/aromatic N) is 4. The van der Waals surface area contributed by atoms with E-state index in [-0.39, 0.29) is 24.7 Å². The van der Waals surface area contributed by atoms with Crippen LogP contribution in [-0.4, -0.2) is 79.4 Å². The van der Waals surface area contributed by atoms with Crippen molar-refractivity contribution in [2.45, 2.75) is 121 Å². The number of benzene rings is 2. The molecule has 5 amide bonds. The minimum atomic E-state index is -0.963. The highest BCUT2D eigenvalue weighted by Crippen LogP contribution is 2.44. The van der Waals surface area contributed by atoms with Crippen molar-refractivity contribution < 1.29 is 24.0 Å². The van der Waals surface area contributed by atoms with Crippen molar-refractivity contribution in [1.82, 2.24) is 30.0 Å². The number of H-pyrrole nitrogens is 1. The van der Waals surface area contributed by atoms with E-state index in [1.54, 1.807) is 0 Å². The second-order valence-electron chi connectivity index (χ2n) is 17.9. The molecule has 0 spiro atoms. The lowest BCUT2D eigenvalue weighted by atomic mass is 9.75. The Bertz CT molecular complexity index is 2320. The number of para-hydroxylation sites is 1. The summed E-state index contributed by atoms with van der Waals surface area (Å²) in [6.07, 6.45) is 11.2. The normalized spacial score (nSPS) is 26.6. The minimum absolute atomic E-state index is 0.0649. The maximum Gasteiger partial charge on any atom is 0.262 e. The molecule has 3 atom stereocenters. The van der Waals surface area contributed by atoms with E-state index in [9.17, 15) is 24.0 Å². The van der Waals surface area contributed by atoms with Gasteiger partial charge >= 0.3 is 0 Å². The Morgan fingerprint density at radius 1 is 0.879 bits per heavy atom. The van der Waals surface area contributed by atoms with Crippen LogP contribution in [0.15, 0.2) is 48.7 Å². The van der Waals surface area contributed by atoms with Gasteiger partial charge < -0.3 is 9.88 Å². The largest absolute Gasteiger partial charge is 0.358 e. The molecule has 1 saturated carbocycles. The Morgan fingerprint density at radius 3 is 2.28 bits per heavy atom. The van der Waals surface area contributed by atoms with Gasteiger partial charge in [-0.3, -0.25) is 44.1 Å². The molecule has 300 valence electrons. The van der Waals surface area contributed by atoms with E-state index in [2.05, 4.69) is 70.5 Å². The van der Waals surface area contributed by atoms with Crippen molar-refractivity contribution in [3.05, 3.63) is 99.0 Å². The highest BCUT2D eigenvalue weighted by Gasteiger charge is 2.46. The zero-order valence-electron chi connectivity index (χ0n) is 33.5. The van der Waals surface area contributed by atoms with Crippen LogP contribution in [-0.2, 0) is 40.3 Å². The molecule has 11 heteroatoms. The number of likely N-dealkylation sites (tertiary alicyclic amines) is 1. The molecule has 6 aliphatic rings. The van der Waals surface area contributed by atoms with Crippen LogP contribution in [0.2, 0.25) is 0 Å². The highest BCUT2D eigenvalue weighted by molar-refractivity contribution is 6.23. The van der Waals surface area contributed by atoms with Gasteiger partial charge in [0.2, 0.25) is 17.7 Å². The lowest BCUT2D eigenvalue weighted by Gasteiger charge is -2.39. The molecule has 2 aliphatic carbocycles. The van der Waals surface area contributed by atoms with Crippen LogP contribution < -0.4 is 5.32 Å². The number of aromatic amines is 1. The SMILES string of the molecule is CCc1cc(C2CCC(C(=O)N3CCC(N4Cc5cc6c(cc5C4)C(=O)N(C4CCC(=O)NC4=O)C6=O)CC3)CC2)ncc1C1C[C@H](C)Cc2c1[nH]c1ccccc21. The number of rotatable bonds is 6. The van der Waals surface area contributed by atoms with Crippen LogP contribution in [0, 0.1) is 11.8 Å². The van der Waals surface area contributed by atoms with E-state index in [1.165, 1.54) is 39.0 Å². The van der Waals surface area contributed by atoms with Gasteiger partial charge in [-0.15, -0.1) is 0 Å². The lowest BCUT2D eigenvalue weighted by molar-refractivity contribution is -0.138. The summed E-state index contributed by atoms with van der Waals surface area (Å²) in [5, 5.41) is 3.62. The van der Waals surface area contributed by atoms with Crippen molar-refractivity contribution in [2.24, 2.45) is 11.8 Å². The number of aromatic nitrogens is 2. The predicted molar refractivity (Wildman–Crippen MR) is 218 cm³/mol. The predicted octanol–water partition coefficient (Wildman–Crippen LogP) is 6.52. The molecule has 2 aromatic heterocycles. The smallest absolute Gasteiger partial charge is 0.262 e. The van der Waals surface area contributed by atoms with Crippen molar-refractivity contribution >= 4 is 40.4 Å². The lowest BCUT2D eigenvalue weighted by Crippen LogP contribution is -2.54. The van der Waals surface area contributed by atoms with Crippen LogP contribution in [0.5, 0.6) is 0 Å². The molecule has 0 bridgehead atoms. The fourth-order valence-electron chi connectivity index (χ4n) is 11.3. The molecule has 2 unspecified atom stereocenters. The molecule has 58 heavy (non-hydrogen) atoms. The number of amides is 5. The number of fused-ring (bicyclic) bond motifs is 5. The summed E-state index contributed by atoms with van der Waals surface area (Å²) in [7, 11) is 0. The van der Waals surface area contributed by atoms with E-state index >= 15 is 0 Å². The number of piperidine rings is 2. The van der Waals surface area contributed by atoms with E-state index < -0.39 is 23.8 Å². The maximum atomic E-state index is 13.9. The third-order valence-corrected chi connectivity index (χ3v) is 14.5. The van der Waals surface area contributed by atoms with E-state index in [4.69, 9.17) is 4.98 Å². The molecular formula is C47H52N6O5. The molecule has 2 N–H and O–H groups in total. The van der Waals surface area contributed by atoms with Gasteiger partial charge in [0.25, 0.3) is 11.8 Å². The van der Waals surface area contributed by atoms with Gasteiger partial charge in [0.05, 0.1) is 11.1 Å². The fraction of sp³-hybridized carbons (Fsp3) is 0.489. The third-order valence-electron chi connectivity index (χ3n) is 14.5. The molecule has 11 nitrogen and oxygen atoms in total. The first-order valence-electron chi connectivity index (χ1n) is 21.6. The molecule has 4 aromatic rings. The summed E-state index contributed by atoms with van der Waals surface area (Å²) in [5.41, 5.74) is 10.8. The van der Waals surface area contributed by atoms with Crippen LogP contribution in [0.4, 0.5) is 0 Å².